The predicted molar refractivity (Wildman–Crippen MR) is 135 cm³/mol. The van der Waals surface area contributed by atoms with Crippen LogP contribution in [-0.4, -0.2) is 76.3 Å². The summed E-state index contributed by atoms with van der Waals surface area (Å²) in [6.45, 7) is 6.04. The van der Waals surface area contributed by atoms with E-state index in [0.717, 1.165) is 50.6 Å². The van der Waals surface area contributed by atoms with Gasteiger partial charge in [-0.2, -0.15) is 0 Å². The Morgan fingerprint density at radius 3 is 2.44 bits per heavy atom. The van der Waals surface area contributed by atoms with Gasteiger partial charge >= 0.3 is 0 Å². The molecule has 36 heavy (non-hydrogen) atoms. The van der Waals surface area contributed by atoms with Gasteiger partial charge in [-0.3, -0.25) is 4.79 Å². The number of nitrogens with one attached hydrogen (secondary N) is 1. The lowest BCUT2D eigenvalue weighted by Gasteiger charge is -2.40. The Balaban J connectivity index is 1.29. The minimum absolute atomic E-state index is 0.00194. The van der Waals surface area contributed by atoms with E-state index in [1.165, 1.54) is 4.90 Å². The lowest BCUT2D eigenvalue weighted by atomic mass is 9.81. The van der Waals surface area contributed by atoms with Gasteiger partial charge in [-0.15, -0.1) is 0 Å². The first-order valence-corrected chi connectivity index (χ1v) is 12.9. The van der Waals surface area contributed by atoms with E-state index in [1.54, 1.807) is 7.11 Å². The zero-order valence-electron chi connectivity index (χ0n) is 21.1. The number of carboxylic acid groups (broad SMARTS) is 1. The van der Waals surface area contributed by atoms with Crippen molar-refractivity contribution in [2.24, 2.45) is 11.8 Å². The number of rotatable bonds is 10. The molecule has 0 bridgehead atoms. The van der Waals surface area contributed by atoms with Gasteiger partial charge in [0.2, 0.25) is 0 Å². The van der Waals surface area contributed by atoms with Crippen molar-refractivity contribution in [2.75, 3.05) is 64.4 Å². The zero-order valence-corrected chi connectivity index (χ0v) is 21.1. The number of piperidine rings is 1. The van der Waals surface area contributed by atoms with Gasteiger partial charge in [-0.25, -0.2) is 0 Å². The van der Waals surface area contributed by atoms with E-state index in [0.29, 0.717) is 25.3 Å². The standard InChI is InChI=1S/C28H37N3O5/c1-35-26-10-6-5-9-25(26)30-17-15-29(16-18-30)13-11-23-20-31(14-12-22(23)19-28(33)34)27(32)21-36-24-7-3-2-4-8-24/h2-10,22-23H,11-21H2,1H3,(H,33,34)/t22-,23-/m0/s1. The molecule has 2 heterocycles. The first kappa shape index (κ1) is 25.8. The molecule has 0 radical (unpaired) electrons. The number of likely N-dealkylation sites (tertiary alicyclic amines) is 1. The SMILES string of the molecule is COc1ccccc1N1CC[NH+](CC[C@H]2CN(C(=O)COc3ccccc3)CC[C@H]2CC(=O)[O-])CC1. The van der Waals surface area contributed by atoms with Crippen LogP contribution in [0.4, 0.5) is 5.69 Å². The van der Waals surface area contributed by atoms with Crippen molar-refractivity contribution in [1.82, 2.24) is 4.90 Å². The van der Waals surface area contributed by atoms with Crippen LogP contribution in [0.25, 0.3) is 0 Å². The fourth-order valence-electron chi connectivity index (χ4n) is 5.46. The van der Waals surface area contributed by atoms with Gasteiger partial charge in [0.15, 0.2) is 6.61 Å². The van der Waals surface area contributed by atoms with Gasteiger partial charge in [-0.1, -0.05) is 30.3 Å². The number of benzene rings is 2. The lowest BCUT2D eigenvalue weighted by molar-refractivity contribution is -0.901. The minimum Gasteiger partial charge on any atom is -0.550 e. The van der Waals surface area contributed by atoms with Crippen LogP contribution in [0.1, 0.15) is 19.3 Å². The molecule has 2 aromatic rings. The summed E-state index contributed by atoms with van der Waals surface area (Å²) in [5.41, 5.74) is 1.13. The smallest absolute Gasteiger partial charge is 0.260 e. The number of aliphatic carboxylic acids is 1. The molecule has 8 nitrogen and oxygen atoms in total. The fourth-order valence-corrected chi connectivity index (χ4v) is 5.46. The Labute approximate surface area is 213 Å². The molecule has 2 saturated heterocycles. The van der Waals surface area contributed by atoms with Crippen LogP contribution in [0.5, 0.6) is 11.5 Å². The molecule has 0 saturated carbocycles. The average molecular weight is 496 g/mol. The van der Waals surface area contributed by atoms with E-state index in [4.69, 9.17) is 9.47 Å². The van der Waals surface area contributed by atoms with E-state index >= 15 is 0 Å². The number of hydrogen-bond donors (Lipinski definition) is 1. The number of methoxy groups -OCH3 is 1. The van der Waals surface area contributed by atoms with Crippen molar-refractivity contribution in [3.8, 4) is 11.5 Å². The highest BCUT2D eigenvalue weighted by Gasteiger charge is 2.33. The number of nitrogens with zero attached hydrogens (tertiary/aromatic N) is 2. The van der Waals surface area contributed by atoms with Gasteiger partial charge in [0.25, 0.3) is 5.91 Å². The number of amides is 1. The van der Waals surface area contributed by atoms with Crippen molar-refractivity contribution < 1.29 is 29.1 Å². The first-order chi connectivity index (χ1) is 17.5. The van der Waals surface area contributed by atoms with Crippen molar-refractivity contribution in [3.05, 3.63) is 54.6 Å². The van der Waals surface area contributed by atoms with Crippen LogP contribution in [0.15, 0.2) is 54.6 Å². The monoisotopic (exact) mass is 495 g/mol. The highest BCUT2D eigenvalue weighted by molar-refractivity contribution is 5.78. The van der Waals surface area contributed by atoms with Crippen LogP contribution in [-0.2, 0) is 9.59 Å². The number of para-hydroxylation sites is 3. The van der Waals surface area contributed by atoms with E-state index < -0.39 is 5.97 Å². The van der Waals surface area contributed by atoms with Crippen LogP contribution in [0.2, 0.25) is 0 Å². The van der Waals surface area contributed by atoms with Crippen LogP contribution in [0.3, 0.4) is 0 Å². The molecule has 2 aliphatic rings. The van der Waals surface area contributed by atoms with Crippen molar-refractivity contribution in [3.63, 3.8) is 0 Å². The Hall–Kier alpha value is -3.26. The summed E-state index contributed by atoms with van der Waals surface area (Å²) < 4.78 is 11.2. The van der Waals surface area contributed by atoms with E-state index in [2.05, 4.69) is 11.0 Å². The number of quaternary nitrogens is 1. The highest BCUT2D eigenvalue weighted by Crippen LogP contribution is 2.29. The molecule has 2 atom stereocenters. The normalized spacial score (nSPS) is 20.7. The number of piperazine rings is 1. The Morgan fingerprint density at radius 2 is 1.72 bits per heavy atom. The number of hydrogen-bond acceptors (Lipinski definition) is 6. The summed E-state index contributed by atoms with van der Waals surface area (Å²) >= 11 is 0. The molecule has 0 aliphatic carbocycles. The second-order valence-corrected chi connectivity index (χ2v) is 9.77. The maximum Gasteiger partial charge on any atom is 0.260 e. The number of carboxylic acids is 1. The molecule has 2 fully saturated rings. The van der Waals surface area contributed by atoms with Gasteiger partial charge in [-0.05, 0) is 48.9 Å². The number of carbonyl (C=O) groups is 2. The third-order valence-electron chi connectivity index (χ3n) is 7.54. The molecule has 2 aromatic carbocycles. The molecule has 0 spiro atoms. The first-order valence-electron chi connectivity index (χ1n) is 12.9. The van der Waals surface area contributed by atoms with Gasteiger partial charge in [0.1, 0.15) is 11.5 Å². The van der Waals surface area contributed by atoms with Crippen LogP contribution < -0.4 is 24.4 Å². The molecule has 0 aromatic heterocycles. The summed E-state index contributed by atoms with van der Waals surface area (Å²) in [6.07, 6.45) is 1.64. The summed E-state index contributed by atoms with van der Waals surface area (Å²) in [6, 6.07) is 17.4. The predicted octanol–water partition coefficient (Wildman–Crippen LogP) is 0.474. The molecule has 8 heteroatoms. The minimum atomic E-state index is -1.00. The molecule has 4 rings (SSSR count). The third kappa shape index (κ3) is 6.91. The number of anilines is 1. The van der Waals surface area contributed by atoms with E-state index in [9.17, 15) is 14.7 Å². The molecule has 1 N–H and O–H groups in total. The Kier molecular flexibility index (Phi) is 9.06. The summed E-state index contributed by atoms with van der Waals surface area (Å²) in [4.78, 5) is 29.9. The molecule has 0 unspecified atom stereocenters. The number of ether oxygens (including phenoxy) is 2. The van der Waals surface area contributed by atoms with E-state index in [-0.39, 0.29) is 30.8 Å². The number of carbonyl (C=O) groups excluding carboxylic acids is 2. The van der Waals surface area contributed by atoms with E-state index in [1.807, 2.05) is 53.4 Å². The molecular formula is C28H37N3O5. The van der Waals surface area contributed by atoms with Gasteiger partial charge < -0.3 is 34.1 Å². The molecule has 2 aliphatic heterocycles. The summed E-state index contributed by atoms with van der Waals surface area (Å²) in [7, 11) is 1.70. The van der Waals surface area contributed by atoms with Crippen molar-refractivity contribution >= 4 is 17.6 Å². The summed E-state index contributed by atoms with van der Waals surface area (Å²) in [5, 5.41) is 11.4. The average Bonchev–Trinajstić information content (AvgIpc) is 2.91. The molecular weight excluding hydrogens is 458 g/mol. The second-order valence-electron chi connectivity index (χ2n) is 9.77. The Morgan fingerprint density at radius 1 is 1.00 bits per heavy atom. The second kappa shape index (κ2) is 12.6. The summed E-state index contributed by atoms with van der Waals surface area (Å²) in [5.74, 6) is 0.711. The quantitative estimate of drug-likeness (QED) is 0.516. The topological polar surface area (TPSA) is 86.6 Å². The third-order valence-corrected chi connectivity index (χ3v) is 7.54. The van der Waals surface area contributed by atoms with Crippen LogP contribution >= 0.6 is 0 Å². The Bertz CT molecular complexity index is 994. The largest absolute Gasteiger partial charge is 0.550 e. The van der Waals surface area contributed by atoms with Crippen molar-refractivity contribution in [1.29, 1.82) is 0 Å². The highest BCUT2D eigenvalue weighted by atomic mass is 16.5. The lowest BCUT2D eigenvalue weighted by Crippen LogP contribution is -3.15. The zero-order chi connectivity index (χ0) is 25.3. The van der Waals surface area contributed by atoms with Gasteiger partial charge in [0.05, 0.1) is 45.5 Å². The van der Waals surface area contributed by atoms with Crippen molar-refractivity contribution in [2.45, 2.75) is 19.3 Å². The van der Waals surface area contributed by atoms with Gasteiger partial charge in [0, 0.05) is 25.5 Å². The molecule has 1 amide bonds. The molecule has 194 valence electrons. The van der Waals surface area contributed by atoms with Crippen LogP contribution in [0, 0.1) is 11.8 Å². The fraction of sp³-hybridized carbons (Fsp3) is 0.500. The maximum atomic E-state index is 12.8. The maximum absolute atomic E-state index is 12.8.